The van der Waals surface area contributed by atoms with E-state index in [9.17, 15) is 5.11 Å². The van der Waals surface area contributed by atoms with Crippen LogP contribution in [-0.4, -0.2) is 11.1 Å². The number of phenols is 1. The number of aryl methyl sites for hydroxylation is 1. The molecule has 0 bridgehead atoms. The van der Waals surface area contributed by atoms with E-state index < -0.39 is 0 Å². The highest BCUT2D eigenvalue weighted by Gasteiger charge is 2.30. The minimum absolute atomic E-state index is 0.107. The molecule has 0 radical (unpaired) electrons. The molecule has 410 valence electrons. The third-order valence-corrected chi connectivity index (χ3v) is 17.8. The highest BCUT2D eigenvalue weighted by atomic mass is 16.3. The predicted molar refractivity (Wildman–Crippen MR) is 358 cm³/mol. The molecule has 0 spiro atoms. The molecule has 0 saturated heterocycles. The van der Waals surface area contributed by atoms with E-state index >= 15 is 0 Å². The number of hydrogen-bond donors (Lipinski definition) is 1. The second kappa shape index (κ2) is 21.1. The average Bonchev–Trinajstić information content (AvgIpc) is 2.28. The van der Waals surface area contributed by atoms with Crippen molar-refractivity contribution in [3.63, 3.8) is 0 Å². The Morgan fingerprint density at radius 1 is 0.430 bits per heavy atom. The summed E-state index contributed by atoms with van der Waals surface area (Å²) in [6.07, 6.45) is 13.1. The van der Waals surface area contributed by atoms with Gasteiger partial charge in [0.2, 0.25) is 0 Å². The van der Waals surface area contributed by atoms with Gasteiger partial charge in [-0.05, 0) is 129 Å². The summed E-state index contributed by atoms with van der Waals surface area (Å²) in [5, 5.41) is 18.7. The summed E-state index contributed by atoms with van der Waals surface area (Å²) >= 11 is 0. The zero-order valence-electron chi connectivity index (χ0n) is 47.4. The van der Waals surface area contributed by atoms with E-state index in [4.69, 9.17) is 8.83 Å². The molecule has 2 aliphatic carbocycles. The van der Waals surface area contributed by atoms with Crippen molar-refractivity contribution >= 4 is 83.5 Å². The Morgan fingerprint density at radius 3 is 1.62 bits per heavy atom. The predicted octanol–water partition coefficient (Wildman–Crippen LogP) is 21.9. The first-order chi connectivity index (χ1) is 42.5. The van der Waals surface area contributed by atoms with Crippen LogP contribution in [-0.2, 0) is 6.42 Å². The Hall–Kier alpha value is -10.9. The van der Waals surface area contributed by atoms with Crippen molar-refractivity contribution in [1.29, 1.82) is 0 Å². The van der Waals surface area contributed by atoms with Gasteiger partial charge < -0.3 is 23.7 Å². The SMILES string of the molecule is Cc1ccc2cc(N(C3=CCC(c4ccccc4)C=C3)c3cccc4c3oc3c(-c5ccccc5)cccc34)ccc2c1-c1c(O)ccc2c1C=CC(N(c1ccc(-c3ccccc3)cc1)c1cccc3c1oc1c(-c4ccccc4)cccc13)C2. The van der Waals surface area contributed by atoms with Gasteiger partial charge in [-0.2, -0.15) is 0 Å². The van der Waals surface area contributed by atoms with Gasteiger partial charge in [0.25, 0.3) is 0 Å². The first kappa shape index (κ1) is 50.8. The van der Waals surface area contributed by atoms with Gasteiger partial charge in [0.1, 0.15) is 16.9 Å². The van der Waals surface area contributed by atoms with E-state index in [0.717, 1.165) is 145 Å². The molecule has 5 nitrogen and oxygen atoms in total. The van der Waals surface area contributed by atoms with Crippen molar-refractivity contribution in [3.8, 4) is 50.3 Å². The summed E-state index contributed by atoms with van der Waals surface area (Å²) in [6.45, 7) is 2.16. The van der Waals surface area contributed by atoms with Crippen LogP contribution in [0.4, 0.5) is 22.7 Å². The minimum atomic E-state index is -0.107. The molecule has 2 aliphatic rings. The number of fused-ring (bicyclic) bond motifs is 8. The highest BCUT2D eigenvalue weighted by molar-refractivity contribution is 6.15. The van der Waals surface area contributed by atoms with Crippen LogP contribution in [0.3, 0.4) is 0 Å². The molecular formula is C81H58N2O3. The van der Waals surface area contributed by atoms with Crippen LogP contribution in [0, 0.1) is 6.92 Å². The molecule has 0 saturated carbocycles. The molecule has 14 aromatic rings. The van der Waals surface area contributed by atoms with E-state index in [0.29, 0.717) is 6.42 Å². The molecule has 2 unspecified atom stereocenters. The fourth-order valence-corrected chi connectivity index (χ4v) is 13.6. The zero-order chi connectivity index (χ0) is 57.2. The van der Waals surface area contributed by atoms with Gasteiger partial charge in [-0.25, -0.2) is 0 Å². The number of benzene rings is 12. The number of anilines is 4. The van der Waals surface area contributed by atoms with Crippen LogP contribution >= 0.6 is 0 Å². The van der Waals surface area contributed by atoms with E-state index in [1.807, 2.05) is 6.07 Å². The van der Waals surface area contributed by atoms with Gasteiger partial charge >= 0.3 is 0 Å². The number of nitrogens with zero attached hydrogens (tertiary/aromatic N) is 2. The van der Waals surface area contributed by atoms with Crippen LogP contribution in [0.1, 0.15) is 34.6 Å². The van der Waals surface area contributed by atoms with Crippen LogP contribution < -0.4 is 9.80 Å². The molecule has 2 atom stereocenters. The van der Waals surface area contributed by atoms with E-state index in [2.05, 4.69) is 302 Å². The molecule has 1 N–H and O–H groups in total. The number of hydrogen-bond acceptors (Lipinski definition) is 5. The third-order valence-electron chi connectivity index (χ3n) is 17.8. The van der Waals surface area contributed by atoms with Crippen LogP contribution in [0.5, 0.6) is 5.75 Å². The Morgan fingerprint density at radius 2 is 0.988 bits per heavy atom. The molecule has 5 heteroatoms. The first-order valence-electron chi connectivity index (χ1n) is 29.7. The molecule has 0 aliphatic heterocycles. The largest absolute Gasteiger partial charge is 0.507 e. The van der Waals surface area contributed by atoms with Gasteiger partial charge in [-0.1, -0.05) is 243 Å². The number of para-hydroxylation sites is 4. The Kier molecular flexibility index (Phi) is 12.5. The van der Waals surface area contributed by atoms with Crippen LogP contribution in [0.25, 0.3) is 105 Å². The molecule has 2 aromatic heterocycles. The Bertz CT molecular complexity index is 5020. The number of allylic oxidation sites excluding steroid dienone is 3. The second-order valence-corrected chi connectivity index (χ2v) is 22.8. The van der Waals surface area contributed by atoms with Gasteiger partial charge in [0, 0.05) is 61.2 Å². The summed E-state index contributed by atoms with van der Waals surface area (Å²) in [5.41, 5.74) is 21.6. The lowest BCUT2D eigenvalue weighted by Crippen LogP contribution is -2.33. The maximum absolute atomic E-state index is 12.3. The van der Waals surface area contributed by atoms with Gasteiger partial charge in [0.15, 0.2) is 11.2 Å². The van der Waals surface area contributed by atoms with Crippen LogP contribution in [0.2, 0.25) is 0 Å². The Balaban J connectivity index is 0.809. The molecule has 86 heavy (non-hydrogen) atoms. The standard InChI is InChI=1S/C81H58N2O3/c1-52-34-35-59-50-63(82(61-41-36-55(37-42-61)53-18-6-2-7-19-53)73-32-16-30-71-69-28-14-26-67(78(69)85-80(71)73)57-22-10-4-11-23-57)45-47-65(59)76(52)77-66-48-46-64(51-60(66)40-49-75(77)84)83(62-43-38-56(39-44-62)54-20-8-3-9-21-54)74-33-17-31-72-70-29-15-27-68(79(70)86-81(72)74)58-24-12-5-13-25-58/h2-36,38-50,55,64,84H,37,51H2,1H3. The summed E-state index contributed by atoms with van der Waals surface area (Å²) in [6, 6.07) is 92.3. The highest BCUT2D eigenvalue weighted by Crippen LogP contribution is 2.49. The first-order valence-corrected chi connectivity index (χ1v) is 29.7. The van der Waals surface area contributed by atoms with Gasteiger partial charge in [0.05, 0.1) is 17.4 Å². The van der Waals surface area contributed by atoms with Crippen molar-refractivity contribution in [2.75, 3.05) is 9.80 Å². The quantitative estimate of drug-likeness (QED) is 0.140. The second-order valence-electron chi connectivity index (χ2n) is 22.8. The van der Waals surface area contributed by atoms with Crippen molar-refractivity contribution in [2.45, 2.75) is 31.7 Å². The maximum Gasteiger partial charge on any atom is 0.159 e. The zero-order valence-corrected chi connectivity index (χ0v) is 47.4. The van der Waals surface area contributed by atoms with Crippen molar-refractivity contribution in [1.82, 2.24) is 0 Å². The maximum atomic E-state index is 12.3. The topological polar surface area (TPSA) is 53.0 Å². The lowest BCUT2D eigenvalue weighted by molar-refractivity contribution is 0.477. The monoisotopic (exact) mass is 1110 g/mol. The van der Waals surface area contributed by atoms with Crippen molar-refractivity contribution in [3.05, 3.63) is 313 Å². The molecular weight excluding hydrogens is 1050 g/mol. The summed E-state index contributed by atoms with van der Waals surface area (Å²) in [5.74, 6) is 0.516. The van der Waals surface area contributed by atoms with Crippen molar-refractivity contribution in [2.24, 2.45) is 0 Å². The van der Waals surface area contributed by atoms with Gasteiger partial charge in [-0.3, -0.25) is 0 Å². The molecule has 16 rings (SSSR count). The number of furan rings is 2. The molecule has 0 fully saturated rings. The normalized spacial score (nSPS) is 14.7. The van der Waals surface area contributed by atoms with Gasteiger partial charge in [-0.15, -0.1) is 0 Å². The van der Waals surface area contributed by atoms with E-state index in [1.165, 1.54) is 11.1 Å². The van der Waals surface area contributed by atoms with E-state index in [-0.39, 0.29) is 17.7 Å². The lowest BCUT2D eigenvalue weighted by atomic mass is 9.84. The number of aromatic hydroxyl groups is 1. The summed E-state index contributed by atoms with van der Waals surface area (Å²) in [4.78, 5) is 4.81. The van der Waals surface area contributed by atoms with E-state index in [1.54, 1.807) is 0 Å². The molecule has 2 heterocycles. The summed E-state index contributed by atoms with van der Waals surface area (Å²) in [7, 11) is 0. The summed E-state index contributed by atoms with van der Waals surface area (Å²) < 4.78 is 14.2. The average molecular weight is 1110 g/mol. The smallest absolute Gasteiger partial charge is 0.159 e. The number of phenolic OH excluding ortho intramolecular Hbond substituents is 1. The fraction of sp³-hybridized carbons (Fsp3) is 0.0617. The molecule has 12 aromatic carbocycles. The number of rotatable bonds is 11. The third kappa shape index (κ3) is 8.70. The minimum Gasteiger partial charge on any atom is -0.507 e. The fourth-order valence-electron chi connectivity index (χ4n) is 13.6. The Labute approximate surface area is 499 Å². The molecule has 0 amide bonds. The van der Waals surface area contributed by atoms with Crippen molar-refractivity contribution < 1.29 is 13.9 Å². The van der Waals surface area contributed by atoms with Crippen LogP contribution in [0.15, 0.2) is 300 Å². The lowest BCUT2D eigenvalue weighted by Gasteiger charge is -2.35.